The number of carbonyl (C=O) groups excluding carboxylic acids is 1. The minimum absolute atomic E-state index is 0.208. The summed E-state index contributed by atoms with van der Waals surface area (Å²) in [6.45, 7) is 2.13. The molecular weight excluding hydrogens is 242 g/mol. The first-order valence-electron chi connectivity index (χ1n) is 6.71. The van der Waals surface area contributed by atoms with Crippen LogP contribution in [0.2, 0.25) is 0 Å². The van der Waals surface area contributed by atoms with E-state index in [1.807, 2.05) is 13.1 Å². The summed E-state index contributed by atoms with van der Waals surface area (Å²) in [6.07, 6.45) is 3.44. The number of anilines is 1. The Morgan fingerprint density at radius 1 is 1.37 bits per heavy atom. The topological polar surface area (TPSA) is 70.2 Å². The molecule has 1 fully saturated rings. The van der Waals surface area contributed by atoms with E-state index in [-0.39, 0.29) is 5.91 Å². The maximum Gasteiger partial charge on any atom is 0.271 e. The standard InChI is InChI=1S/C13H21N5O/c1-14-13(19)11-5-6-12(17-16-11)18(2)10-4-3-8-15-9-7-10/h5-6,10,15H,3-4,7-9H2,1-2H3,(H,14,19). The normalized spacial score (nSPS) is 19.6. The van der Waals surface area contributed by atoms with E-state index < -0.39 is 0 Å². The van der Waals surface area contributed by atoms with Gasteiger partial charge in [0.15, 0.2) is 11.5 Å². The summed E-state index contributed by atoms with van der Waals surface area (Å²) in [6, 6.07) is 4.05. The number of aromatic nitrogens is 2. The van der Waals surface area contributed by atoms with Gasteiger partial charge in [0.2, 0.25) is 0 Å². The smallest absolute Gasteiger partial charge is 0.271 e. The Hall–Kier alpha value is -1.69. The second kappa shape index (κ2) is 6.47. The van der Waals surface area contributed by atoms with E-state index in [4.69, 9.17) is 0 Å². The molecule has 104 valence electrons. The Balaban J connectivity index is 2.05. The van der Waals surface area contributed by atoms with Crippen LogP contribution in [0.25, 0.3) is 0 Å². The third-order valence-corrected chi connectivity index (χ3v) is 3.56. The predicted molar refractivity (Wildman–Crippen MR) is 74.3 cm³/mol. The summed E-state index contributed by atoms with van der Waals surface area (Å²) < 4.78 is 0. The molecule has 2 rings (SSSR count). The number of hydrogen-bond donors (Lipinski definition) is 2. The monoisotopic (exact) mass is 263 g/mol. The Labute approximate surface area is 113 Å². The molecular formula is C13H21N5O. The van der Waals surface area contributed by atoms with Gasteiger partial charge in [0.05, 0.1) is 0 Å². The molecule has 1 unspecified atom stereocenters. The molecule has 1 atom stereocenters. The number of hydrogen-bond acceptors (Lipinski definition) is 5. The molecule has 19 heavy (non-hydrogen) atoms. The lowest BCUT2D eigenvalue weighted by Gasteiger charge is -2.27. The maximum atomic E-state index is 11.4. The van der Waals surface area contributed by atoms with Gasteiger partial charge in [-0.15, -0.1) is 10.2 Å². The number of nitrogens with one attached hydrogen (secondary N) is 2. The van der Waals surface area contributed by atoms with Crippen molar-refractivity contribution >= 4 is 11.7 Å². The zero-order chi connectivity index (χ0) is 13.7. The van der Waals surface area contributed by atoms with Crippen molar-refractivity contribution in [3.8, 4) is 0 Å². The van der Waals surface area contributed by atoms with Crippen LogP contribution in [0.4, 0.5) is 5.82 Å². The van der Waals surface area contributed by atoms with Crippen molar-refractivity contribution in [3.63, 3.8) is 0 Å². The molecule has 6 heteroatoms. The van der Waals surface area contributed by atoms with Crippen molar-refractivity contribution in [1.29, 1.82) is 0 Å². The van der Waals surface area contributed by atoms with E-state index in [9.17, 15) is 4.79 Å². The summed E-state index contributed by atoms with van der Waals surface area (Å²) >= 11 is 0. The highest BCUT2D eigenvalue weighted by molar-refractivity contribution is 5.91. The fourth-order valence-corrected chi connectivity index (χ4v) is 2.34. The predicted octanol–water partition coefficient (Wildman–Crippen LogP) is 0.415. The first-order chi connectivity index (χ1) is 9.22. The van der Waals surface area contributed by atoms with Crippen molar-refractivity contribution < 1.29 is 4.79 Å². The van der Waals surface area contributed by atoms with Gasteiger partial charge in [-0.3, -0.25) is 4.79 Å². The SMILES string of the molecule is CNC(=O)c1ccc(N(C)C2CCCNCC2)nn1. The largest absolute Gasteiger partial charge is 0.355 e. The van der Waals surface area contributed by atoms with Gasteiger partial charge in [-0.05, 0) is 44.5 Å². The molecule has 1 aromatic heterocycles. The van der Waals surface area contributed by atoms with Crippen molar-refractivity contribution in [2.24, 2.45) is 0 Å². The van der Waals surface area contributed by atoms with E-state index in [0.29, 0.717) is 11.7 Å². The Kier molecular flexibility index (Phi) is 4.68. The van der Waals surface area contributed by atoms with Crippen LogP contribution < -0.4 is 15.5 Å². The molecule has 0 aliphatic carbocycles. The van der Waals surface area contributed by atoms with Crippen LogP contribution >= 0.6 is 0 Å². The van der Waals surface area contributed by atoms with Gasteiger partial charge in [0, 0.05) is 20.1 Å². The number of carbonyl (C=O) groups is 1. The molecule has 6 nitrogen and oxygen atoms in total. The van der Waals surface area contributed by atoms with Crippen molar-refractivity contribution in [2.45, 2.75) is 25.3 Å². The highest BCUT2D eigenvalue weighted by Crippen LogP contribution is 2.18. The summed E-state index contributed by atoms with van der Waals surface area (Å²) in [4.78, 5) is 13.6. The lowest BCUT2D eigenvalue weighted by atomic mass is 10.1. The Bertz CT molecular complexity index is 412. The molecule has 0 radical (unpaired) electrons. The summed E-state index contributed by atoms with van der Waals surface area (Å²) in [5, 5.41) is 14.1. The molecule has 1 aliphatic heterocycles. The van der Waals surface area contributed by atoms with E-state index in [0.717, 1.165) is 31.7 Å². The minimum Gasteiger partial charge on any atom is -0.355 e. The van der Waals surface area contributed by atoms with Gasteiger partial charge in [-0.2, -0.15) is 0 Å². The summed E-state index contributed by atoms with van der Waals surface area (Å²) in [5.74, 6) is 0.611. The molecule has 0 aromatic carbocycles. The summed E-state index contributed by atoms with van der Waals surface area (Å²) in [5.41, 5.74) is 0.349. The molecule has 0 spiro atoms. The molecule has 1 aliphatic rings. The average molecular weight is 263 g/mol. The molecule has 1 aromatic rings. The maximum absolute atomic E-state index is 11.4. The quantitative estimate of drug-likeness (QED) is 0.827. The number of amides is 1. The van der Waals surface area contributed by atoms with Crippen LogP contribution in [0.3, 0.4) is 0 Å². The second-order valence-corrected chi connectivity index (χ2v) is 4.80. The van der Waals surface area contributed by atoms with E-state index in [1.165, 1.54) is 6.42 Å². The van der Waals surface area contributed by atoms with E-state index in [2.05, 4.69) is 25.7 Å². The van der Waals surface area contributed by atoms with Gasteiger partial charge >= 0.3 is 0 Å². The minimum atomic E-state index is -0.208. The molecule has 2 heterocycles. The van der Waals surface area contributed by atoms with Gasteiger partial charge in [-0.1, -0.05) is 0 Å². The lowest BCUT2D eigenvalue weighted by Crippen LogP contribution is -2.33. The van der Waals surface area contributed by atoms with Gasteiger partial charge < -0.3 is 15.5 Å². The van der Waals surface area contributed by atoms with Crippen LogP contribution in [-0.2, 0) is 0 Å². The lowest BCUT2D eigenvalue weighted by molar-refractivity contribution is 0.0957. The highest BCUT2D eigenvalue weighted by Gasteiger charge is 2.18. The number of nitrogens with zero attached hydrogens (tertiary/aromatic N) is 3. The molecule has 1 saturated heterocycles. The molecule has 0 bridgehead atoms. The first-order valence-corrected chi connectivity index (χ1v) is 6.71. The van der Waals surface area contributed by atoms with Crippen molar-refractivity contribution in [3.05, 3.63) is 17.8 Å². The molecule has 2 N–H and O–H groups in total. The van der Waals surface area contributed by atoms with Gasteiger partial charge in [0.25, 0.3) is 5.91 Å². The van der Waals surface area contributed by atoms with Crippen molar-refractivity contribution in [1.82, 2.24) is 20.8 Å². The van der Waals surface area contributed by atoms with Crippen LogP contribution in [0.15, 0.2) is 12.1 Å². The zero-order valence-electron chi connectivity index (χ0n) is 11.5. The number of rotatable bonds is 3. The Morgan fingerprint density at radius 3 is 2.89 bits per heavy atom. The fraction of sp³-hybridized carbons (Fsp3) is 0.615. The summed E-state index contributed by atoms with van der Waals surface area (Å²) in [7, 11) is 3.63. The molecule has 1 amide bonds. The zero-order valence-corrected chi connectivity index (χ0v) is 11.5. The average Bonchev–Trinajstić information content (AvgIpc) is 2.75. The van der Waals surface area contributed by atoms with Crippen LogP contribution in [0, 0.1) is 0 Å². The van der Waals surface area contributed by atoms with E-state index in [1.54, 1.807) is 13.1 Å². The third-order valence-electron chi connectivity index (χ3n) is 3.56. The second-order valence-electron chi connectivity index (χ2n) is 4.80. The Morgan fingerprint density at radius 2 is 2.21 bits per heavy atom. The van der Waals surface area contributed by atoms with Crippen LogP contribution in [-0.4, -0.2) is 49.3 Å². The van der Waals surface area contributed by atoms with Gasteiger partial charge in [0.1, 0.15) is 0 Å². The van der Waals surface area contributed by atoms with Gasteiger partial charge in [-0.25, -0.2) is 0 Å². The molecule has 0 saturated carbocycles. The van der Waals surface area contributed by atoms with Crippen LogP contribution in [0.5, 0.6) is 0 Å². The van der Waals surface area contributed by atoms with E-state index >= 15 is 0 Å². The highest BCUT2D eigenvalue weighted by atomic mass is 16.1. The van der Waals surface area contributed by atoms with Crippen LogP contribution in [0.1, 0.15) is 29.8 Å². The first kappa shape index (κ1) is 13.7. The fourth-order valence-electron chi connectivity index (χ4n) is 2.34. The third kappa shape index (κ3) is 3.41. The van der Waals surface area contributed by atoms with Crippen molar-refractivity contribution in [2.75, 3.05) is 32.1 Å².